The summed E-state index contributed by atoms with van der Waals surface area (Å²) in [6, 6.07) is 3.79. The van der Waals surface area contributed by atoms with E-state index >= 15 is 0 Å². The first kappa shape index (κ1) is 8.29. The van der Waals surface area contributed by atoms with Crippen molar-refractivity contribution >= 4 is 22.6 Å². The molecule has 0 aliphatic heterocycles. The van der Waals surface area contributed by atoms with Gasteiger partial charge in [0.05, 0.1) is 3.57 Å². The zero-order valence-corrected chi connectivity index (χ0v) is 8.82. The van der Waals surface area contributed by atoms with Gasteiger partial charge in [-0.3, -0.25) is 4.79 Å². The Morgan fingerprint density at radius 2 is 2.33 bits per heavy atom. The molecule has 1 aromatic heterocycles. The van der Waals surface area contributed by atoms with Gasteiger partial charge >= 0.3 is 0 Å². The van der Waals surface area contributed by atoms with E-state index in [1.54, 1.807) is 0 Å². The van der Waals surface area contributed by atoms with E-state index < -0.39 is 0 Å². The van der Waals surface area contributed by atoms with Crippen molar-refractivity contribution in [2.75, 3.05) is 0 Å². The van der Waals surface area contributed by atoms with Gasteiger partial charge in [-0.1, -0.05) is 0 Å². The van der Waals surface area contributed by atoms with Crippen LogP contribution in [0.25, 0.3) is 0 Å². The lowest BCUT2D eigenvalue weighted by molar-refractivity contribution is 0.604. The molecule has 0 amide bonds. The maximum absolute atomic E-state index is 11.5. The monoisotopic (exact) mass is 275 g/mol. The Labute approximate surface area is 84.7 Å². The molecule has 12 heavy (non-hydrogen) atoms. The lowest BCUT2D eigenvalue weighted by atomic mass is 10.4. The predicted octanol–water partition coefficient (Wildman–Crippen LogP) is 1.86. The molecule has 0 unspecified atom stereocenters. The highest BCUT2D eigenvalue weighted by molar-refractivity contribution is 14.1. The maximum atomic E-state index is 11.5. The van der Waals surface area contributed by atoms with Crippen LogP contribution in [0.2, 0.25) is 0 Å². The zero-order valence-electron chi connectivity index (χ0n) is 6.66. The molecule has 0 atom stereocenters. The van der Waals surface area contributed by atoms with Crippen molar-refractivity contribution in [1.29, 1.82) is 0 Å². The Hall–Kier alpha value is -0.320. The van der Waals surface area contributed by atoms with Crippen molar-refractivity contribution in [3.63, 3.8) is 0 Å². The van der Waals surface area contributed by atoms with Crippen molar-refractivity contribution < 1.29 is 0 Å². The van der Waals surface area contributed by atoms with Crippen molar-refractivity contribution in [2.45, 2.75) is 19.4 Å². The van der Waals surface area contributed by atoms with Crippen LogP contribution in [0.1, 0.15) is 12.8 Å². The molecule has 3 heteroatoms. The van der Waals surface area contributed by atoms with Gasteiger partial charge in [0.15, 0.2) is 0 Å². The van der Waals surface area contributed by atoms with Gasteiger partial charge in [-0.2, -0.15) is 0 Å². The van der Waals surface area contributed by atoms with Crippen LogP contribution in [0.3, 0.4) is 0 Å². The minimum atomic E-state index is 0.157. The third kappa shape index (κ3) is 1.71. The fraction of sp³-hybridized carbons (Fsp3) is 0.444. The first-order valence-corrected chi connectivity index (χ1v) is 5.20. The summed E-state index contributed by atoms with van der Waals surface area (Å²) in [5, 5.41) is 0. The largest absolute Gasteiger partial charge is 0.314 e. The van der Waals surface area contributed by atoms with E-state index in [-0.39, 0.29) is 5.56 Å². The highest BCUT2D eigenvalue weighted by atomic mass is 127. The fourth-order valence-electron chi connectivity index (χ4n) is 1.23. The highest BCUT2D eigenvalue weighted by Gasteiger charge is 2.21. The van der Waals surface area contributed by atoms with Crippen LogP contribution in [0, 0.1) is 9.49 Å². The molecule has 2 nitrogen and oxygen atoms in total. The van der Waals surface area contributed by atoms with Gasteiger partial charge in [-0.15, -0.1) is 0 Å². The van der Waals surface area contributed by atoms with Gasteiger partial charge in [0.2, 0.25) is 0 Å². The Morgan fingerprint density at radius 1 is 1.58 bits per heavy atom. The molecule has 2 rings (SSSR count). The highest BCUT2D eigenvalue weighted by Crippen LogP contribution is 2.29. The SMILES string of the molecule is O=c1c(I)cccn1CC1CC1. The van der Waals surface area contributed by atoms with E-state index in [9.17, 15) is 4.79 Å². The average molecular weight is 275 g/mol. The number of pyridine rings is 1. The normalized spacial score (nSPS) is 16.4. The lowest BCUT2D eigenvalue weighted by Gasteiger charge is -2.03. The first-order valence-electron chi connectivity index (χ1n) is 4.12. The molecule has 0 bridgehead atoms. The summed E-state index contributed by atoms with van der Waals surface area (Å²) in [4.78, 5) is 11.5. The van der Waals surface area contributed by atoms with Gasteiger partial charge in [-0.05, 0) is 53.5 Å². The number of halogens is 1. The minimum absolute atomic E-state index is 0.157. The molecule has 0 saturated heterocycles. The Morgan fingerprint density at radius 3 is 3.00 bits per heavy atom. The second-order valence-corrected chi connectivity index (χ2v) is 4.42. The van der Waals surface area contributed by atoms with E-state index in [4.69, 9.17) is 0 Å². The number of rotatable bonds is 2. The molecule has 1 saturated carbocycles. The first-order chi connectivity index (χ1) is 5.77. The molecule has 0 aromatic carbocycles. The molecular formula is C9H10INO. The van der Waals surface area contributed by atoms with Crippen LogP contribution >= 0.6 is 22.6 Å². The average Bonchev–Trinajstić information content (AvgIpc) is 2.83. The lowest BCUT2D eigenvalue weighted by Crippen LogP contribution is -2.22. The summed E-state index contributed by atoms with van der Waals surface area (Å²) in [5.74, 6) is 0.765. The second kappa shape index (κ2) is 3.20. The van der Waals surface area contributed by atoms with E-state index in [1.807, 2.05) is 22.9 Å². The summed E-state index contributed by atoms with van der Waals surface area (Å²) >= 11 is 2.08. The predicted molar refractivity (Wildman–Crippen MR) is 56.1 cm³/mol. The van der Waals surface area contributed by atoms with E-state index in [0.29, 0.717) is 0 Å². The van der Waals surface area contributed by atoms with Gasteiger partial charge in [0, 0.05) is 12.7 Å². The van der Waals surface area contributed by atoms with Crippen molar-refractivity contribution in [2.24, 2.45) is 5.92 Å². The topological polar surface area (TPSA) is 22.0 Å². The Bertz CT molecular complexity index is 341. The van der Waals surface area contributed by atoms with Gasteiger partial charge in [0.1, 0.15) is 0 Å². The third-order valence-electron chi connectivity index (χ3n) is 2.13. The number of hydrogen-bond donors (Lipinski definition) is 0. The van der Waals surface area contributed by atoms with Crippen LogP contribution in [0.5, 0.6) is 0 Å². The van der Waals surface area contributed by atoms with Crippen LogP contribution in [-0.2, 0) is 6.54 Å². The number of aromatic nitrogens is 1. The Balaban J connectivity index is 2.29. The molecule has 1 heterocycles. The minimum Gasteiger partial charge on any atom is -0.314 e. The van der Waals surface area contributed by atoms with Gasteiger partial charge in [0.25, 0.3) is 5.56 Å². The van der Waals surface area contributed by atoms with Crippen LogP contribution < -0.4 is 5.56 Å². The Kier molecular flexibility index (Phi) is 2.21. The summed E-state index contributed by atoms with van der Waals surface area (Å²) < 4.78 is 2.63. The molecule has 0 spiro atoms. The maximum Gasteiger partial charge on any atom is 0.263 e. The molecule has 1 aliphatic carbocycles. The van der Waals surface area contributed by atoms with E-state index in [1.165, 1.54) is 12.8 Å². The summed E-state index contributed by atoms with van der Waals surface area (Å²) in [5.41, 5.74) is 0.157. The van der Waals surface area contributed by atoms with Crippen LogP contribution in [0.4, 0.5) is 0 Å². The van der Waals surface area contributed by atoms with Crippen LogP contribution in [-0.4, -0.2) is 4.57 Å². The molecule has 1 fully saturated rings. The fourth-order valence-corrected chi connectivity index (χ4v) is 1.75. The zero-order chi connectivity index (χ0) is 8.55. The molecule has 64 valence electrons. The van der Waals surface area contributed by atoms with Gasteiger partial charge < -0.3 is 4.57 Å². The quantitative estimate of drug-likeness (QED) is 0.755. The molecule has 1 aliphatic rings. The van der Waals surface area contributed by atoms with Crippen molar-refractivity contribution in [1.82, 2.24) is 4.57 Å². The molecule has 0 radical (unpaired) electrons. The van der Waals surface area contributed by atoms with Crippen molar-refractivity contribution in [3.05, 3.63) is 32.3 Å². The summed E-state index contributed by atoms with van der Waals surface area (Å²) in [6.45, 7) is 0.912. The van der Waals surface area contributed by atoms with Crippen LogP contribution in [0.15, 0.2) is 23.1 Å². The second-order valence-electron chi connectivity index (χ2n) is 3.26. The summed E-state index contributed by atoms with van der Waals surface area (Å²) in [7, 11) is 0. The standard InChI is InChI=1S/C9H10INO/c10-8-2-1-5-11(9(8)12)6-7-3-4-7/h1-2,5,7H,3-4,6H2. The molecular weight excluding hydrogens is 265 g/mol. The van der Waals surface area contributed by atoms with E-state index in [0.717, 1.165) is 16.0 Å². The third-order valence-corrected chi connectivity index (χ3v) is 2.95. The molecule has 1 aromatic rings. The van der Waals surface area contributed by atoms with Crippen molar-refractivity contribution in [3.8, 4) is 0 Å². The number of nitrogens with zero attached hydrogens (tertiary/aromatic N) is 1. The van der Waals surface area contributed by atoms with E-state index in [2.05, 4.69) is 22.6 Å². The van der Waals surface area contributed by atoms with Gasteiger partial charge in [-0.25, -0.2) is 0 Å². The molecule has 0 N–H and O–H groups in total. The summed E-state index contributed by atoms with van der Waals surface area (Å²) in [6.07, 6.45) is 4.46. The number of hydrogen-bond acceptors (Lipinski definition) is 1. The smallest absolute Gasteiger partial charge is 0.263 e.